The minimum absolute atomic E-state index is 0.120. The second-order valence-electron chi connectivity index (χ2n) is 2.76. The smallest absolute Gasteiger partial charge is 0.258 e. The molecule has 0 saturated heterocycles. The van der Waals surface area contributed by atoms with E-state index < -0.39 is 0 Å². The van der Waals surface area contributed by atoms with Crippen LogP contribution in [0.2, 0.25) is 0 Å². The van der Waals surface area contributed by atoms with E-state index in [1.807, 2.05) is 5.38 Å². The largest absolute Gasteiger partial charge is 0.329 e. The van der Waals surface area contributed by atoms with E-state index in [1.54, 1.807) is 18.3 Å². The average Bonchev–Trinajstić information content (AvgIpc) is 2.67. The van der Waals surface area contributed by atoms with Crippen molar-refractivity contribution in [3.05, 3.63) is 39.8 Å². The highest BCUT2D eigenvalue weighted by Gasteiger charge is 2.06. The van der Waals surface area contributed by atoms with E-state index in [4.69, 9.17) is 5.73 Å². The van der Waals surface area contributed by atoms with Gasteiger partial charge in [0.1, 0.15) is 5.01 Å². The average molecular weight is 207 g/mol. The molecule has 0 aliphatic heterocycles. The van der Waals surface area contributed by atoms with Crippen LogP contribution in [0, 0.1) is 0 Å². The Morgan fingerprint density at radius 3 is 3.07 bits per heavy atom. The lowest BCUT2D eigenvalue weighted by Gasteiger charge is -1.92. The zero-order valence-electron chi connectivity index (χ0n) is 7.36. The first-order valence-electron chi connectivity index (χ1n) is 4.14. The van der Waals surface area contributed by atoms with Crippen LogP contribution in [0.15, 0.2) is 28.5 Å². The molecule has 4 nitrogen and oxygen atoms in total. The maximum atomic E-state index is 11.4. The van der Waals surface area contributed by atoms with Crippen LogP contribution in [0.3, 0.4) is 0 Å². The third kappa shape index (κ3) is 1.59. The molecule has 0 saturated carbocycles. The molecule has 0 spiro atoms. The number of H-pyrrole nitrogens is 1. The summed E-state index contributed by atoms with van der Waals surface area (Å²) in [6.07, 6.45) is 1.60. The number of nitrogens with one attached hydrogen (secondary N) is 1. The number of pyridine rings is 1. The summed E-state index contributed by atoms with van der Waals surface area (Å²) < 4.78 is 0. The van der Waals surface area contributed by atoms with Gasteiger partial charge in [0, 0.05) is 18.1 Å². The highest BCUT2D eigenvalue weighted by atomic mass is 32.1. The summed E-state index contributed by atoms with van der Waals surface area (Å²) in [7, 11) is 0. The lowest BCUT2D eigenvalue weighted by molar-refractivity contribution is 1.01. The van der Waals surface area contributed by atoms with E-state index in [9.17, 15) is 4.79 Å². The highest BCUT2D eigenvalue weighted by Crippen LogP contribution is 2.19. The predicted molar refractivity (Wildman–Crippen MR) is 56.1 cm³/mol. The van der Waals surface area contributed by atoms with Crippen molar-refractivity contribution in [2.45, 2.75) is 6.54 Å². The van der Waals surface area contributed by atoms with E-state index in [1.165, 1.54) is 11.3 Å². The first-order valence-corrected chi connectivity index (χ1v) is 5.02. The van der Waals surface area contributed by atoms with Gasteiger partial charge in [0.25, 0.3) is 5.56 Å². The van der Waals surface area contributed by atoms with Gasteiger partial charge in [0.15, 0.2) is 0 Å². The zero-order valence-corrected chi connectivity index (χ0v) is 8.17. The maximum Gasteiger partial charge on any atom is 0.258 e. The highest BCUT2D eigenvalue weighted by molar-refractivity contribution is 7.13. The summed E-state index contributed by atoms with van der Waals surface area (Å²) in [5, 5.41) is 2.58. The van der Waals surface area contributed by atoms with E-state index in [0.717, 1.165) is 5.69 Å². The quantitative estimate of drug-likeness (QED) is 0.770. The lowest BCUT2D eigenvalue weighted by atomic mass is 10.3. The minimum Gasteiger partial charge on any atom is -0.329 e. The van der Waals surface area contributed by atoms with Gasteiger partial charge in [-0.25, -0.2) is 4.98 Å². The van der Waals surface area contributed by atoms with Crippen LogP contribution in [0.5, 0.6) is 0 Å². The van der Waals surface area contributed by atoms with Gasteiger partial charge in [0.05, 0.1) is 11.3 Å². The third-order valence-corrected chi connectivity index (χ3v) is 2.73. The van der Waals surface area contributed by atoms with E-state index >= 15 is 0 Å². The van der Waals surface area contributed by atoms with E-state index in [2.05, 4.69) is 9.97 Å². The van der Waals surface area contributed by atoms with Crippen LogP contribution >= 0.6 is 11.3 Å². The van der Waals surface area contributed by atoms with Gasteiger partial charge in [-0.15, -0.1) is 11.3 Å². The lowest BCUT2D eigenvalue weighted by Crippen LogP contribution is -2.06. The molecule has 72 valence electrons. The number of rotatable bonds is 2. The fourth-order valence-corrected chi connectivity index (χ4v) is 1.97. The van der Waals surface area contributed by atoms with Gasteiger partial charge >= 0.3 is 0 Å². The summed E-state index contributed by atoms with van der Waals surface area (Å²) in [5.41, 5.74) is 6.73. The fraction of sp³-hybridized carbons (Fsp3) is 0.111. The molecule has 0 aromatic carbocycles. The molecule has 2 rings (SSSR count). The molecule has 0 amide bonds. The van der Waals surface area contributed by atoms with Gasteiger partial charge in [-0.1, -0.05) is 0 Å². The van der Waals surface area contributed by atoms with Crippen molar-refractivity contribution in [1.82, 2.24) is 9.97 Å². The molecule has 3 N–H and O–H groups in total. The Bertz CT molecular complexity index is 489. The summed E-state index contributed by atoms with van der Waals surface area (Å²) in [6, 6.07) is 3.53. The first kappa shape index (κ1) is 9.11. The molecule has 14 heavy (non-hydrogen) atoms. The predicted octanol–water partition coefficient (Wildman–Crippen LogP) is 0.957. The van der Waals surface area contributed by atoms with E-state index in [0.29, 0.717) is 17.1 Å². The van der Waals surface area contributed by atoms with Crippen LogP contribution in [-0.4, -0.2) is 9.97 Å². The molecule has 0 bridgehead atoms. The summed E-state index contributed by atoms with van der Waals surface area (Å²) in [5.74, 6) is 0. The molecular weight excluding hydrogens is 198 g/mol. The molecule has 2 aromatic heterocycles. The second-order valence-corrected chi connectivity index (χ2v) is 3.62. The normalized spacial score (nSPS) is 10.4. The summed E-state index contributed by atoms with van der Waals surface area (Å²) in [4.78, 5) is 18.2. The van der Waals surface area contributed by atoms with Crippen molar-refractivity contribution in [2.75, 3.05) is 0 Å². The van der Waals surface area contributed by atoms with Gasteiger partial charge in [-0.3, -0.25) is 4.79 Å². The monoisotopic (exact) mass is 207 g/mol. The van der Waals surface area contributed by atoms with Crippen molar-refractivity contribution in [1.29, 1.82) is 0 Å². The number of hydrogen-bond donors (Lipinski definition) is 2. The number of nitrogens with zero attached hydrogens (tertiary/aromatic N) is 1. The Labute approximate surface area is 84.4 Å². The molecule has 2 aromatic rings. The Balaban J connectivity index is 2.50. The van der Waals surface area contributed by atoms with Gasteiger partial charge in [-0.2, -0.15) is 0 Å². The van der Waals surface area contributed by atoms with Gasteiger partial charge in [0.2, 0.25) is 0 Å². The summed E-state index contributed by atoms with van der Waals surface area (Å²) >= 11 is 1.43. The zero-order chi connectivity index (χ0) is 9.97. The van der Waals surface area contributed by atoms with Crippen LogP contribution in [0.4, 0.5) is 0 Å². The van der Waals surface area contributed by atoms with Crippen molar-refractivity contribution in [3.63, 3.8) is 0 Å². The fourth-order valence-electron chi connectivity index (χ4n) is 1.11. The Morgan fingerprint density at radius 2 is 2.43 bits per heavy atom. The number of hydrogen-bond acceptors (Lipinski definition) is 4. The number of aromatic amines is 1. The third-order valence-electron chi connectivity index (χ3n) is 1.81. The van der Waals surface area contributed by atoms with Crippen LogP contribution in [0.25, 0.3) is 10.6 Å². The Kier molecular flexibility index (Phi) is 2.43. The molecule has 0 aliphatic carbocycles. The Morgan fingerprint density at radius 1 is 1.57 bits per heavy atom. The van der Waals surface area contributed by atoms with Crippen LogP contribution < -0.4 is 11.3 Å². The standard InChI is InChI=1S/C9H9N3OS/c10-4-6-5-14-9(12-6)7-2-1-3-11-8(7)13/h1-3,5H,4,10H2,(H,11,13). The number of thiazole rings is 1. The first-order chi connectivity index (χ1) is 6.81. The minimum atomic E-state index is -0.120. The van der Waals surface area contributed by atoms with E-state index in [-0.39, 0.29) is 5.56 Å². The van der Waals surface area contributed by atoms with Crippen molar-refractivity contribution in [3.8, 4) is 10.6 Å². The van der Waals surface area contributed by atoms with Gasteiger partial charge in [-0.05, 0) is 12.1 Å². The number of aromatic nitrogens is 2. The molecular formula is C9H9N3OS. The molecule has 5 heteroatoms. The van der Waals surface area contributed by atoms with Crippen molar-refractivity contribution >= 4 is 11.3 Å². The second kappa shape index (κ2) is 3.73. The molecule has 0 radical (unpaired) electrons. The van der Waals surface area contributed by atoms with Crippen LogP contribution in [0.1, 0.15) is 5.69 Å². The molecule has 0 atom stereocenters. The number of nitrogens with two attached hydrogens (primary N) is 1. The van der Waals surface area contributed by atoms with Gasteiger partial charge < -0.3 is 10.7 Å². The van der Waals surface area contributed by atoms with Crippen LogP contribution in [-0.2, 0) is 6.54 Å². The molecule has 0 fully saturated rings. The maximum absolute atomic E-state index is 11.4. The molecule has 0 aliphatic rings. The molecule has 0 unspecified atom stereocenters. The summed E-state index contributed by atoms with van der Waals surface area (Å²) in [6.45, 7) is 0.404. The van der Waals surface area contributed by atoms with Crippen molar-refractivity contribution in [2.24, 2.45) is 5.73 Å². The van der Waals surface area contributed by atoms with Crippen molar-refractivity contribution < 1.29 is 0 Å². The SMILES string of the molecule is NCc1csc(-c2ccc[nH]c2=O)n1. The molecule has 2 heterocycles. The Hall–Kier alpha value is -1.46. The topological polar surface area (TPSA) is 71.8 Å².